The van der Waals surface area contributed by atoms with Crippen molar-refractivity contribution in [2.24, 2.45) is 5.92 Å². The zero-order valence-electron chi connectivity index (χ0n) is 10.00. The summed E-state index contributed by atoms with van der Waals surface area (Å²) < 4.78 is 4.60. The van der Waals surface area contributed by atoms with Crippen molar-refractivity contribution >= 4 is 18.6 Å². The molecule has 0 bridgehead atoms. The highest BCUT2D eigenvalue weighted by Gasteiger charge is 2.07. The van der Waals surface area contributed by atoms with E-state index < -0.39 is 0 Å². The van der Waals surface area contributed by atoms with Crippen LogP contribution in [0.25, 0.3) is 0 Å². The standard InChI is InChI=1S/C12H24O2S/c1-3-6-11(9-10-15)7-4-5-8-12(13)14-2/h11,15H,3-10H2,1-2H3. The van der Waals surface area contributed by atoms with E-state index in [0.717, 1.165) is 24.5 Å². The van der Waals surface area contributed by atoms with Crippen molar-refractivity contribution in [2.75, 3.05) is 12.9 Å². The van der Waals surface area contributed by atoms with Crippen molar-refractivity contribution < 1.29 is 9.53 Å². The Bertz CT molecular complexity index is 154. The molecule has 90 valence electrons. The van der Waals surface area contributed by atoms with Crippen molar-refractivity contribution in [1.29, 1.82) is 0 Å². The first-order chi connectivity index (χ1) is 7.24. The van der Waals surface area contributed by atoms with Crippen LogP contribution in [0.3, 0.4) is 0 Å². The molecular weight excluding hydrogens is 208 g/mol. The minimum Gasteiger partial charge on any atom is -0.469 e. The number of unbranched alkanes of at least 4 members (excludes halogenated alkanes) is 1. The quantitative estimate of drug-likeness (QED) is 0.374. The van der Waals surface area contributed by atoms with E-state index in [2.05, 4.69) is 24.3 Å². The molecule has 0 saturated heterocycles. The molecule has 2 nitrogen and oxygen atoms in total. The Morgan fingerprint density at radius 3 is 2.53 bits per heavy atom. The summed E-state index contributed by atoms with van der Waals surface area (Å²) in [4.78, 5) is 10.9. The highest BCUT2D eigenvalue weighted by atomic mass is 32.1. The number of ether oxygens (including phenoxy) is 1. The molecule has 0 aromatic rings. The molecule has 0 aliphatic heterocycles. The van der Waals surface area contributed by atoms with E-state index in [1.807, 2.05) is 0 Å². The van der Waals surface area contributed by atoms with E-state index in [9.17, 15) is 4.79 Å². The molecule has 0 saturated carbocycles. The van der Waals surface area contributed by atoms with Crippen LogP contribution >= 0.6 is 12.6 Å². The van der Waals surface area contributed by atoms with Crippen LogP contribution in [0.2, 0.25) is 0 Å². The largest absolute Gasteiger partial charge is 0.469 e. The lowest BCUT2D eigenvalue weighted by Crippen LogP contribution is -2.03. The van der Waals surface area contributed by atoms with Gasteiger partial charge in [0.15, 0.2) is 0 Å². The van der Waals surface area contributed by atoms with Crippen molar-refractivity contribution in [1.82, 2.24) is 0 Å². The van der Waals surface area contributed by atoms with Crippen LogP contribution in [0, 0.1) is 5.92 Å². The second kappa shape index (κ2) is 10.3. The number of hydrogen-bond acceptors (Lipinski definition) is 3. The van der Waals surface area contributed by atoms with E-state index in [1.54, 1.807) is 0 Å². The Morgan fingerprint density at radius 1 is 1.27 bits per heavy atom. The Hall–Kier alpha value is -0.180. The maximum absolute atomic E-state index is 10.9. The molecule has 0 amide bonds. The average Bonchev–Trinajstić information content (AvgIpc) is 2.24. The van der Waals surface area contributed by atoms with Gasteiger partial charge in [-0.3, -0.25) is 4.79 Å². The third kappa shape index (κ3) is 8.79. The second-order valence-corrected chi connectivity index (χ2v) is 4.44. The predicted octanol–water partition coefficient (Wildman–Crippen LogP) is 3.46. The summed E-state index contributed by atoms with van der Waals surface area (Å²) in [6, 6.07) is 0. The molecule has 15 heavy (non-hydrogen) atoms. The first-order valence-corrected chi connectivity index (χ1v) is 6.55. The zero-order chi connectivity index (χ0) is 11.5. The van der Waals surface area contributed by atoms with Gasteiger partial charge in [0.25, 0.3) is 0 Å². The molecule has 0 aliphatic carbocycles. The van der Waals surface area contributed by atoms with Crippen LogP contribution in [-0.4, -0.2) is 18.8 Å². The fourth-order valence-corrected chi connectivity index (χ4v) is 2.19. The van der Waals surface area contributed by atoms with E-state index in [4.69, 9.17) is 0 Å². The average molecular weight is 232 g/mol. The number of hydrogen-bond donors (Lipinski definition) is 1. The number of carbonyl (C=O) groups is 1. The van der Waals surface area contributed by atoms with Crippen LogP contribution in [0.5, 0.6) is 0 Å². The Morgan fingerprint density at radius 2 is 2.00 bits per heavy atom. The predicted molar refractivity (Wildman–Crippen MR) is 67.4 cm³/mol. The molecule has 0 aromatic carbocycles. The van der Waals surface area contributed by atoms with Crippen molar-refractivity contribution in [2.45, 2.75) is 51.9 Å². The van der Waals surface area contributed by atoms with Crippen LogP contribution in [0.4, 0.5) is 0 Å². The van der Waals surface area contributed by atoms with E-state index in [1.165, 1.54) is 32.8 Å². The third-order valence-electron chi connectivity index (χ3n) is 2.71. The summed E-state index contributed by atoms with van der Waals surface area (Å²) in [6.45, 7) is 2.22. The highest BCUT2D eigenvalue weighted by molar-refractivity contribution is 7.80. The van der Waals surface area contributed by atoms with Gasteiger partial charge in [0, 0.05) is 6.42 Å². The number of thiol groups is 1. The van der Waals surface area contributed by atoms with Gasteiger partial charge in [-0.05, 0) is 24.5 Å². The SMILES string of the molecule is CCCC(CCS)CCCCC(=O)OC. The minimum absolute atomic E-state index is 0.0868. The molecule has 0 radical (unpaired) electrons. The van der Waals surface area contributed by atoms with Crippen LogP contribution in [-0.2, 0) is 9.53 Å². The highest BCUT2D eigenvalue weighted by Crippen LogP contribution is 2.19. The lowest BCUT2D eigenvalue weighted by molar-refractivity contribution is -0.140. The minimum atomic E-state index is -0.0868. The summed E-state index contributed by atoms with van der Waals surface area (Å²) >= 11 is 4.27. The topological polar surface area (TPSA) is 26.3 Å². The van der Waals surface area contributed by atoms with Gasteiger partial charge in [0.05, 0.1) is 7.11 Å². The molecule has 0 heterocycles. The summed E-state index contributed by atoms with van der Waals surface area (Å²) in [7, 11) is 1.45. The number of rotatable bonds is 9. The van der Waals surface area contributed by atoms with Gasteiger partial charge in [0.1, 0.15) is 0 Å². The normalized spacial score (nSPS) is 12.5. The first-order valence-electron chi connectivity index (χ1n) is 5.92. The van der Waals surface area contributed by atoms with Crippen LogP contribution in [0.1, 0.15) is 51.9 Å². The lowest BCUT2D eigenvalue weighted by atomic mass is 9.94. The van der Waals surface area contributed by atoms with Crippen LogP contribution < -0.4 is 0 Å². The molecular formula is C12H24O2S. The molecule has 0 spiro atoms. The summed E-state index contributed by atoms with van der Waals surface area (Å²) in [6.07, 6.45) is 7.62. The fraction of sp³-hybridized carbons (Fsp3) is 0.917. The van der Waals surface area contributed by atoms with Gasteiger partial charge >= 0.3 is 5.97 Å². The van der Waals surface area contributed by atoms with Crippen molar-refractivity contribution in [3.8, 4) is 0 Å². The fourth-order valence-electron chi connectivity index (χ4n) is 1.83. The Labute approximate surface area is 99.2 Å². The molecule has 0 fully saturated rings. The molecule has 0 rings (SSSR count). The smallest absolute Gasteiger partial charge is 0.305 e. The van der Waals surface area contributed by atoms with E-state index in [0.29, 0.717) is 6.42 Å². The number of esters is 1. The summed E-state index contributed by atoms with van der Waals surface area (Å²) in [5.74, 6) is 1.68. The number of carbonyl (C=O) groups excluding carboxylic acids is 1. The Kier molecular flexibility index (Phi) is 10.2. The van der Waals surface area contributed by atoms with Gasteiger partial charge in [-0.15, -0.1) is 0 Å². The maximum atomic E-state index is 10.9. The molecule has 0 aliphatic rings. The molecule has 1 unspecified atom stereocenters. The van der Waals surface area contributed by atoms with E-state index >= 15 is 0 Å². The molecule has 1 atom stereocenters. The van der Waals surface area contributed by atoms with Crippen molar-refractivity contribution in [3.63, 3.8) is 0 Å². The summed E-state index contributed by atoms with van der Waals surface area (Å²) in [5, 5.41) is 0. The van der Waals surface area contributed by atoms with Gasteiger partial charge in [-0.25, -0.2) is 0 Å². The van der Waals surface area contributed by atoms with Gasteiger partial charge in [-0.1, -0.05) is 32.6 Å². The zero-order valence-corrected chi connectivity index (χ0v) is 10.9. The first kappa shape index (κ1) is 14.8. The van der Waals surface area contributed by atoms with Crippen molar-refractivity contribution in [3.05, 3.63) is 0 Å². The van der Waals surface area contributed by atoms with Crippen LogP contribution in [0.15, 0.2) is 0 Å². The molecule has 3 heteroatoms. The monoisotopic (exact) mass is 232 g/mol. The lowest BCUT2D eigenvalue weighted by Gasteiger charge is -2.14. The third-order valence-corrected chi connectivity index (χ3v) is 2.96. The second-order valence-electron chi connectivity index (χ2n) is 3.99. The molecule has 0 N–H and O–H groups in total. The molecule has 0 aromatic heterocycles. The maximum Gasteiger partial charge on any atom is 0.305 e. The van der Waals surface area contributed by atoms with Gasteiger partial charge in [0.2, 0.25) is 0 Å². The Balaban J connectivity index is 3.48. The van der Waals surface area contributed by atoms with E-state index in [-0.39, 0.29) is 5.97 Å². The summed E-state index contributed by atoms with van der Waals surface area (Å²) in [5.41, 5.74) is 0. The number of methoxy groups -OCH3 is 1. The van der Waals surface area contributed by atoms with Gasteiger partial charge in [-0.2, -0.15) is 12.6 Å². The van der Waals surface area contributed by atoms with Gasteiger partial charge < -0.3 is 4.74 Å².